The van der Waals surface area contributed by atoms with Crippen LogP contribution < -0.4 is 5.32 Å². The van der Waals surface area contributed by atoms with E-state index in [-0.39, 0.29) is 24.0 Å². The minimum absolute atomic E-state index is 0. The monoisotopic (exact) mass is 445 g/mol. The minimum atomic E-state index is 0. The number of benzene rings is 1. The number of piperidine rings is 1. The van der Waals surface area contributed by atoms with Crippen molar-refractivity contribution in [3.8, 4) is 0 Å². The van der Waals surface area contributed by atoms with Crippen LogP contribution in [0.5, 0.6) is 0 Å². The van der Waals surface area contributed by atoms with Crippen molar-refractivity contribution in [2.24, 2.45) is 10.9 Å². The van der Waals surface area contributed by atoms with Crippen molar-refractivity contribution in [1.29, 1.82) is 0 Å². The largest absolute Gasteiger partial charge is 0.385 e. The second-order valence-electron chi connectivity index (χ2n) is 6.20. The lowest BCUT2D eigenvalue weighted by Crippen LogP contribution is -2.46. The highest BCUT2D eigenvalue weighted by molar-refractivity contribution is 14.0. The van der Waals surface area contributed by atoms with Gasteiger partial charge in [-0.3, -0.25) is 4.99 Å². The molecule has 1 saturated heterocycles. The fourth-order valence-electron chi connectivity index (χ4n) is 3.12. The molecule has 0 radical (unpaired) electrons. The molecule has 1 heterocycles. The van der Waals surface area contributed by atoms with E-state index in [1.807, 2.05) is 0 Å². The molecule has 0 atom stereocenters. The third kappa shape index (κ3) is 7.38. The van der Waals surface area contributed by atoms with Gasteiger partial charge in [-0.2, -0.15) is 0 Å². The number of hydrogen-bond donors (Lipinski definition) is 1. The van der Waals surface area contributed by atoms with E-state index in [1.165, 1.54) is 24.8 Å². The van der Waals surface area contributed by atoms with Crippen molar-refractivity contribution in [2.45, 2.75) is 32.6 Å². The van der Waals surface area contributed by atoms with E-state index in [0.29, 0.717) is 0 Å². The lowest BCUT2D eigenvalue weighted by molar-refractivity contribution is 0.196. The van der Waals surface area contributed by atoms with Gasteiger partial charge in [0, 0.05) is 39.9 Å². The Morgan fingerprint density at radius 2 is 1.96 bits per heavy atom. The van der Waals surface area contributed by atoms with Crippen LogP contribution in [0.2, 0.25) is 0 Å². The average molecular weight is 445 g/mol. The summed E-state index contributed by atoms with van der Waals surface area (Å²) in [5, 5.41) is 3.43. The van der Waals surface area contributed by atoms with Gasteiger partial charge in [0.1, 0.15) is 0 Å². The van der Waals surface area contributed by atoms with Crippen LogP contribution in [0, 0.1) is 5.92 Å². The number of likely N-dealkylation sites (tertiary alicyclic amines) is 1. The molecule has 1 N–H and O–H groups in total. The molecule has 1 fully saturated rings. The Labute approximate surface area is 164 Å². The number of nitrogens with one attached hydrogen (secondary N) is 1. The van der Waals surface area contributed by atoms with E-state index in [2.05, 4.69) is 47.5 Å². The number of methoxy groups -OCH3 is 1. The van der Waals surface area contributed by atoms with Gasteiger partial charge in [-0.25, -0.2) is 0 Å². The maximum Gasteiger partial charge on any atom is 0.193 e. The lowest BCUT2D eigenvalue weighted by Gasteiger charge is -2.34. The first kappa shape index (κ1) is 21.2. The number of aliphatic imine (C=N–C) groups is 1. The van der Waals surface area contributed by atoms with Crippen LogP contribution in [0.15, 0.2) is 35.3 Å². The van der Waals surface area contributed by atoms with Crippen molar-refractivity contribution in [3.05, 3.63) is 35.9 Å². The predicted octanol–water partition coefficient (Wildman–Crippen LogP) is 3.56. The van der Waals surface area contributed by atoms with Crippen LogP contribution in [-0.2, 0) is 11.2 Å². The SMILES string of the molecule is CCNC(=NCCCOC)N1CCC(Cc2ccccc2)CC1.I. The Balaban J connectivity index is 0.00000288. The van der Waals surface area contributed by atoms with Gasteiger partial charge in [-0.15, -0.1) is 24.0 Å². The molecular formula is C19H32IN3O. The standard InChI is InChI=1S/C19H31N3O.HI/c1-3-20-19(21-12-7-15-23-2)22-13-10-18(11-14-22)16-17-8-5-4-6-9-17;/h4-6,8-9,18H,3,7,10-16H2,1-2H3,(H,20,21);1H. The van der Waals surface area contributed by atoms with Gasteiger partial charge in [0.15, 0.2) is 5.96 Å². The molecule has 136 valence electrons. The number of guanidine groups is 1. The molecular weight excluding hydrogens is 413 g/mol. The third-order valence-corrected chi connectivity index (χ3v) is 4.38. The molecule has 0 spiro atoms. The van der Waals surface area contributed by atoms with E-state index in [4.69, 9.17) is 9.73 Å². The summed E-state index contributed by atoms with van der Waals surface area (Å²) in [6, 6.07) is 10.9. The Bertz CT molecular complexity index is 459. The van der Waals surface area contributed by atoms with E-state index in [0.717, 1.165) is 51.1 Å². The smallest absolute Gasteiger partial charge is 0.193 e. The molecule has 5 heteroatoms. The maximum atomic E-state index is 5.10. The topological polar surface area (TPSA) is 36.9 Å². The first-order valence-electron chi connectivity index (χ1n) is 8.89. The van der Waals surface area contributed by atoms with Gasteiger partial charge in [0.05, 0.1) is 0 Å². The fourth-order valence-corrected chi connectivity index (χ4v) is 3.12. The highest BCUT2D eigenvalue weighted by Crippen LogP contribution is 2.21. The quantitative estimate of drug-likeness (QED) is 0.302. The van der Waals surface area contributed by atoms with Crippen LogP contribution >= 0.6 is 24.0 Å². The second kappa shape index (κ2) is 12.5. The summed E-state index contributed by atoms with van der Waals surface area (Å²) in [6.07, 6.45) is 4.68. The molecule has 1 aromatic carbocycles. The fraction of sp³-hybridized carbons (Fsp3) is 0.632. The summed E-state index contributed by atoms with van der Waals surface area (Å²) in [5.41, 5.74) is 1.46. The number of halogens is 1. The summed E-state index contributed by atoms with van der Waals surface area (Å²) in [6.45, 7) is 6.88. The highest BCUT2D eigenvalue weighted by Gasteiger charge is 2.21. The molecule has 2 rings (SSSR count). The average Bonchev–Trinajstić information content (AvgIpc) is 2.59. The summed E-state index contributed by atoms with van der Waals surface area (Å²) in [5.74, 6) is 1.87. The zero-order valence-corrected chi connectivity index (χ0v) is 17.4. The van der Waals surface area contributed by atoms with Crippen LogP contribution in [0.3, 0.4) is 0 Å². The van der Waals surface area contributed by atoms with E-state index >= 15 is 0 Å². The Hall–Kier alpha value is -0.820. The number of hydrogen-bond acceptors (Lipinski definition) is 2. The third-order valence-electron chi connectivity index (χ3n) is 4.38. The minimum Gasteiger partial charge on any atom is -0.385 e. The Morgan fingerprint density at radius 1 is 1.25 bits per heavy atom. The normalized spacial score (nSPS) is 15.9. The summed E-state index contributed by atoms with van der Waals surface area (Å²) in [4.78, 5) is 7.15. The van der Waals surface area contributed by atoms with Gasteiger partial charge in [0.2, 0.25) is 0 Å². The lowest BCUT2D eigenvalue weighted by atomic mass is 9.90. The van der Waals surface area contributed by atoms with Crippen molar-refractivity contribution >= 4 is 29.9 Å². The summed E-state index contributed by atoms with van der Waals surface area (Å²) >= 11 is 0. The molecule has 1 aliphatic rings. The van der Waals surface area contributed by atoms with Crippen LogP contribution in [0.1, 0.15) is 31.7 Å². The van der Waals surface area contributed by atoms with E-state index < -0.39 is 0 Å². The molecule has 24 heavy (non-hydrogen) atoms. The molecule has 1 aromatic rings. The van der Waals surface area contributed by atoms with Crippen molar-refractivity contribution in [3.63, 3.8) is 0 Å². The van der Waals surface area contributed by atoms with Gasteiger partial charge in [-0.1, -0.05) is 30.3 Å². The first-order valence-corrected chi connectivity index (χ1v) is 8.89. The maximum absolute atomic E-state index is 5.10. The van der Waals surface area contributed by atoms with Crippen LogP contribution in [0.4, 0.5) is 0 Å². The number of nitrogens with zero attached hydrogens (tertiary/aromatic N) is 2. The molecule has 0 aromatic heterocycles. The molecule has 4 nitrogen and oxygen atoms in total. The van der Waals surface area contributed by atoms with E-state index in [9.17, 15) is 0 Å². The first-order chi connectivity index (χ1) is 11.3. The van der Waals surface area contributed by atoms with Crippen LogP contribution in [-0.4, -0.2) is 50.8 Å². The van der Waals surface area contributed by atoms with Gasteiger partial charge in [0.25, 0.3) is 0 Å². The van der Waals surface area contributed by atoms with Crippen LogP contribution in [0.25, 0.3) is 0 Å². The van der Waals surface area contributed by atoms with Crippen molar-refractivity contribution < 1.29 is 4.74 Å². The van der Waals surface area contributed by atoms with Gasteiger partial charge in [-0.05, 0) is 44.1 Å². The van der Waals surface area contributed by atoms with Crippen molar-refractivity contribution in [2.75, 3.05) is 39.9 Å². The Morgan fingerprint density at radius 3 is 2.58 bits per heavy atom. The van der Waals surface area contributed by atoms with Crippen molar-refractivity contribution in [1.82, 2.24) is 10.2 Å². The molecule has 1 aliphatic heterocycles. The molecule has 0 amide bonds. The molecule has 0 saturated carbocycles. The molecule has 0 bridgehead atoms. The summed E-state index contributed by atoms with van der Waals surface area (Å²) in [7, 11) is 1.74. The van der Waals surface area contributed by atoms with Gasteiger partial charge >= 0.3 is 0 Å². The summed E-state index contributed by atoms with van der Waals surface area (Å²) < 4.78 is 5.10. The second-order valence-corrected chi connectivity index (χ2v) is 6.20. The molecule has 0 aliphatic carbocycles. The zero-order valence-electron chi connectivity index (χ0n) is 15.0. The highest BCUT2D eigenvalue weighted by atomic mass is 127. The number of rotatable bonds is 7. The predicted molar refractivity (Wildman–Crippen MR) is 112 cm³/mol. The Kier molecular flexibility index (Phi) is 11.1. The zero-order chi connectivity index (χ0) is 16.3. The number of ether oxygens (including phenoxy) is 1. The molecule has 0 unspecified atom stereocenters. The van der Waals surface area contributed by atoms with Gasteiger partial charge < -0.3 is 15.0 Å². The van der Waals surface area contributed by atoms with E-state index in [1.54, 1.807) is 7.11 Å².